The fourth-order valence-electron chi connectivity index (χ4n) is 3.40. The number of ketones is 1. The minimum Gasteiger partial charge on any atom is -0.456 e. The number of allylic oxidation sites excluding steroid dienone is 4. The van der Waals surface area contributed by atoms with Gasteiger partial charge in [0.2, 0.25) is 0 Å². The van der Waals surface area contributed by atoms with E-state index < -0.39 is 12.1 Å². The number of aliphatic hydroxyl groups excluding tert-OH is 1. The van der Waals surface area contributed by atoms with Gasteiger partial charge in [-0.2, -0.15) is 0 Å². The normalized spacial score (nSPS) is 34.1. The molecular formula is C23H30O5. The summed E-state index contributed by atoms with van der Waals surface area (Å²) in [6.07, 6.45) is 12.3. The van der Waals surface area contributed by atoms with Crippen LogP contribution in [-0.2, 0) is 19.1 Å². The Kier molecular flexibility index (Phi) is 8.61. The van der Waals surface area contributed by atoms with Crippen molar-refractivity contribution in [1.29, 1.82) is 0 Å². The quantitative estimate of drug-likeness (QED) is 0.549. The number of carbonyl (C=O) groups excluding carboxylic acids is 2. The van der Waals surface area contributed by atoms with E-state index in [4.69, 9.17) is 9.47 Å². The fourth-order valence-corrected chi connectivity index (χ4v) is 3.40. The lowest BCUT2D eigenvalue weighted by atomic mass is 9.95. The Morgan fingerprint density at radius 3 is 2.68 bits per heavy atom. The van der Waals surface area contributed by atoms with Crippen LogP contribution in [0, 0.1) is 0 Å². The first-order valence-corrected chi connectivity index (χ1v) is 9.69. The maximum absolute atomic E-state index is 12.1. The van der Waals surface area contributed by atoms with Crippen LogP contribution in [-0.4, -0.2) is 41.8 Å². The van der Waals surface area contributed by atoms with E-state index in [1.165, 1.54) is 6.08 Å². The van der Waals surface area contributed by atoms with Crippen LogP contribution in [0.25, 0.3) is 0 Å². The van der Waals surface area contributed by atoms with Gasteiger partial charge in [-0.15, -0.1) is 0 Å². The highest BCUT2D eigenvalue weighted by Gasteiger charge is 2.23. The van der Waals surface area contributed by atoms with Crippen molar-refractivity contribution in [2.75, 3.05) is 6.61 Å². The van der Waals surface area contributed by atoms with Crippen molar-refractivity contribution in [3.8, 4) is 0 Å². The molecule has 0 radical (unpaired) electrons. The van der Waals surface area contributed by atoms with Crippen LogP contribution < -0.4 is 0 Å². The van der Waals surface area contributed by atoms with Gasteiger partial charge in [0.1, 0.15) is 6.10 Å². The maximum Gasteiger partial charge on any atom is 0.331 e. The van der Waals surface area contributed by atoms with Gasteiger partial charge in [-0.05, 0) is 39.2 Å². The van der Waals surface area contributed by atoms with Crippen LogP contribution in [0.4, 0.5) is 0 Å². The summed E-state index contributed by atoms with van der Waals surface area (Å²) < 4.78 is 11.4. The summed E-state index contributed by atoms with van der Waals surface area (Å²) in [4.78, 5) is 24.0. The molecule has 2 rings (SSSR count). The molecule has 0 aromatic rings. The molecule has 1 fully saturated rings. The van der Waals surface area contributed by atoms with Crippen LogP contribution in [0.2, 0.25) is 0 Å². The monoisotopic (exact) mass is 386 g/mol. The second-order valence-corrected chi connectivity index (χ2v) is 7.57. The number of hydrogen-bond acceptors (Lipinski definition) is 5. The topological polar surface area (TPSA) is 72.8 Å². The molecular weight excluding hydrogens is 356 g/mol. The zero-order chi connectivity index (χ0) is 20.5. The molecule has 1 unspecified atom stereocenters. The van der Waals surface area contributed by atoms with Crippen molar-refractivity contribution < 1.29 is 24.2 Å². The van der Waals surface area contributed by atoms with E-state index >= 15 is 0 Å². The lowest BCUT2D eigenvalue weighted by Crippen LogP contribution is -2.28. The third kappa shape index (κ3) is 7.79. The molecule has 0 aromatic carbocycles. The van der Waals surface area contributed by atoms with E-state index in [0.29, 0.717) is 12.8 Å². The third-order valence-corrected chi connectivity index (χ3v) is 4.65. The molecule has 0 amide bonds. The summed E-state index contributed by atoms with van der Waals surface area (Å²) in [5, 5.41) is 9.54. The van der Waals surface area contributed by atoms with Crippen molar-refractivity contribution in [2.45, 2.75) is 64.3 Å². The largest absolute Gasteiger partial charge is 0.456 e. The van der Waals surface area contributed by atoms with Gasteiger partial charge < -0.3 is 14.6 Å². The van der Waals surface area contributed by atoms with Crippen LogP contribution >= 0.6 is 0 Å². The van der Waals surface area contributed by atoms with Crippen molar-refractivity contribution >= 4 is 11.8 Å². The fraction of sp³-hybridized carbons (Fsp3) is 0.478. The van der Waals surface area contributed by atoms with E-state index in [9.17, 15) is 14.7 Å². The Bertz CT molecular complexity index is 711. The summed E-state index contributed by atoms with van der Waals surface area (Å²) in [7, 11) is 0. The summed E-state index contributed by atoms with van der Waals surface area (Å²) in [5.41, 5.74) is 2.95. The van der Waals surface area contributed by atoms with Gasteiger partial charge in [0.25, 0.3) is 0 Å². The second kappa shape index (κ2) is 10.9. The molecule has 2 heterocycles. The predicted molar refractivity (Wildman–Crippen MR) is 109 cm³/mol. The van der Waals surface area contributed by atoms with Crippen molar-refractivity contribution in [1.82, 2.24) is 0 Å². The van der Waals surface area contributed by atoms with Gasteiger partial charge in [-0.3, -0.25) is 4.79 Å². The van der Waals surface area contributed by atoms with E-state index in [0.717, 1.165) is 29.6 Å². The molecule has 3 atom stereocenters. The molecule has 152 valence electrons. The molecule has 2 bridgehead atoms. The van der Waals surface area contributed by atoms with Gasteiger partial charge in [-0.1, -0.05) is 47.6 Å². The highest BCUT2D eigenvalue weighted by Crippen LogP contribution is 2.27. The predicted octanol–water partition coefficient (Wildman–Crippen LogP) is 3.75. The molecule has 5 nitrogen and oxygen atoms in total. The number of esters is 1. The lowest BCUT2D eigenvalue weighted by Gasteiger charge is -2.30. The lowest BCUT2D eigenvalue weighted by molar-refractivity contribution is -0.144. The molecule has 5 heteroatoms. The zero-order valence-electron chi connectivity index (χ0n) is 16.7. The Balaban J connectivity index is 2.21. The molecule has 2 aliphatic heterocycles. The molecule has 0 saturated carbocycles. The minimum atomic E-state index is -0.607. The number of cyclic esters (lactones) is 1. The van der Waals surface area contributed by atoms with Gasteiger partial charge >= 0.3 is 5.97 Å². The molecule has 1 N–H and O–H groups in total. The number of fused-ring (bicyclic) bond motifs is 2. The molecule has 0 aliphatic carbocycles. The summed E-state index contributed by atoms with van der Waals surface area (Å²) in [6, 6.07) is 0. The molecule has 1 saturated heterocycles. The van der Waals surface area contributed by atoms with Crippen LogP contribution in [0.15, 0.2) is 59.8 Å². The average molecular weight is 386 g/mol. The Morgan fingerprint density at radius 2 is 1.93 bits per heavy atom. The number of hydrogen-bond donors (Lipinski definition) is 1. The van der Waals surface area contributed by atoms with Crippen LogP contribution in [0.5, 0.6) is 0 Å². The number of carbonyl (C=O) groups is 2. The third-order valence-electron chi connectivity index (χ3n) is 4.65. The van der Waals surface area contributed by atoms with E-state index in [1.807, 2.05) is 26.0 Å². The number of aliphatic hydroxyl groups is 1. The van der Waals surface area contributed by atoms with Crippen molar-refractivity contribution in [3.63, 3.8) is 0 Å². The zero-order valence-corrected chi connectivity index (χ0v) is 16.7. The minimum absolute atomic E-state index is 0.00751. The first-order valence-electron chi connectivity index (χ1n) is 9.69. The van der Waals surface area contributed by atoms with Gasteiger partial charge in [0.15, 0.2) is 5.78 Å². The molecule has 0 spiro atoms. The molecule has 2 aliphatic rings. The smallest absolute Gasteiger partial charge is 0.331 e. The van der Waals surface area contributed by atoms with Crippen molar-refractivity contribution in [3.05, 3.63) is 59.8 Å². The first kappa shape index (κ1) is 22.1. The number of rotatable bonds is 1. The van der Waals surface area contributed by atoms with Crippen LogP contribution in [0.1, 0.15) is 46.0 Å². The van der Waals surface area contributed by atoms with Gasteiger partial charge in [0.05, 0.1) is 18.8 Å². The summed E-state index contributed by atoms with van der Waals surface area (Å²) in [5.74, 6) is -0.515. The van der Waals surface area contributed by atoms with Gasteiger partial charge in [-0.25, -0.2) is 4.79 Å². The summed E-state index contributed by atoms with van der Waals surface area (Å²) in [6.45, 7) is 7.64. The highest BCUT2D eigenvalue weighted by molar-refractivity contribution is 5.91. The standard InChI is InChI=1S/C23H30O5/c1-16-6-4-9-23(26)28-22(15-24)14-18(3)13-21-12-17(2)11-20(27-21)8-5-7-19(25)10-16/h4-7,9,13,20-22,24H,2,8,10-12,14-15H2,1,3H3/b7-5+,9-4+,16-6+,18-13+/t20-,21-,22?/m1/s1. The van der Waals surface area contributed by atoms with Gasteiger partial charge in [0, 0.05) is 18.9 Å². The Labute approximate surface area is 167 Å². The van der Waals surface area contributed by atoms with E-state index in [1.54, 1.807) is 18.2 Å². The maximum atomic E-state index is 12.1. The summed E-state index contributed by atoms with van der Waals surface area (Å²) >= 11 is 0. The van der Waals surface area contributed by atoms with Crippen LogP contribution in [0.3, 0.4) is 0 Å². The molecule has 28 heavy (non-hydrogen) atoms. The van der Waals surface area contributed by atoms with E-state index in [2.05, 4.69) is 6.58 Å². The molecule has 0 aromatic heterocycles. The number of ether oxygens (including phenoxy) is 2. The Morgan fingerprint density at radius 1 is 1.14 bits per heavy atom. The van der Waals surface area contributed by atoms with Crippen molar-refractivity contribution in [2.24, 2.45) is 0 Å². The average Bonchev–Trinajstić information content (AvgIpc) is 2.59. The second-order valence-electron chi connectivity index (χ2n) is 7.57. The SMILES string of the molecule is C=C1C[C@H]2C/C=C/C(=O)C/C(C)=C/C=C/C(=O)OC(CO)C/C(C)=C/[C@@H](C1)O2. The first-order chi connectivity index (χ1) is 13.4. The van der Waals surface area contributed by atoms with E-state index in [-0.39, 0.29) is 31.0 Å². The Hall–Kier alpha value is -2.24. The highest BCUT2D eigenvalue weighted by atomic mass is 16.5.